The van der Waals surface area contributed by atoms with Crippen LogP contribution in [0.1, 0.15) is 34.8 Å². The van der Waals surface area contributed by atoms with E-state index in [1.165, 1.54) is 16.8 Å². The Morgan fingerprint density at radius 2 is 2.09 bits per heavy atom. The van der Waals surface area contributed by atoms with E-state index >= 15 is 0 Å². The van der Waals surface area contributed by atoms with Crippen molar-refractivity contribution in [3.63, 3.8) is 0 Å². The maximum absolute atomic E-state index is 4.62. The van der Waals surface area contributed by atoms with Gasteiger partial charge < -0.3 is 5.32 Å². The van der Waals surface area contributed by atoms with Crippen LogP contribution in [0.3, 0.4) is 0 Å². The van der Waals surface area contributed by atoms with Gasteiger partial charge in [0.2, 0.25) is 0 Å². The Labute approximate surface area is 143 Å². The van der Waals surface area contributed by atoms with Crippen molar-refractivity contribution in [1.82, 2.24) is 15.2 Å². The second-order valence-corrected chi connectivity index (χ2v) is 6.71. The van der Waals surface area contributed by atoms with Crippen molar-refractivity contribution < 1.29 is 0 Å². The van der Waals surface area contributed by atoms with Crippen LogP contribution in [0.5, 0.6) is 0 Å². The third-order valence-corrected chi connectivity index (χ3v) is 4.98. The van der Waals surface area contributed by atoms with E-state index in [4.69, 9.17) is 0 Å². The minimum atomic E-state index is 0. The van der Waals surface area contributed by atoms with Gasteiger partial charge in [-0.3, -0.25) is 4.90 Å². The van der Waals surface area contributed by atoms with Gasteiger partial charge in [-0.2, -0.15) is 0 Å². The zero-order chi connectivity index (χ0) is 14.7. The van der Waals surface area contributed by atoms with Crippen LogP contribution >= 0.6 is 23.7 Å². The molecule has 22 heavy (non-hydrogen) atoms. The number of hydrogen-bond donors (Lipinski definition) is 1. The Kier molecular flexibility index (Phi) is 6.38. The highest BCUT2D eigenvalue weighted by molar-refractivity contribution is 7.09. The van der Waals surface area contributed by atoms with Crippen LogP contribution in [0, 0.1) is 6.92 Å². The number of halogens is 1. The first-order chi connectivity index (χ1) is 10.3. The van der Waals surface area contributed by atoms with Gasteiger partial charge in [0.15, 0.2) is 0 Å². The summed E-state index contributed by atoms with van der Waals surface area (Å²) in [4.78, 5) is 7.16. The van der Waals surface area contributed by atoms with Crippen LogP contribution in [-0.2, 0) is 13.0 Å². The lowest BCUT2D eigenvalue weighted by molar-refractivity contribution is 0.152. The van der Waals surface area contributed by atoms with Gasteiger partial charge in [0, 0.05) is 37.6 Å². The first-order valence-electron chi connectivity index (χ1n) is 7.71. The molecule has 1 aromatic heterocycles. The standard InChI is InChI=1S/C17H23N3S.ClH/c1-3-14-4-6-15(7-5-14)17-10-18-8-9-20(17)11-16-12-21-13(2)19-16;/h4-7,12,17-18H,3,8-11H2,1-2H3;1H. The number of piperazine rings is 1. The Balaban J connectivity index is 0.00000176. The summed E-state index contributed by atoms with van der Waals surface area (Å²) < 4.78 is 0. The Morgan fingerprint density at radius 1 is 1.32 bits per heavy atom. The van der Waals surface area contributed by atoms with Crippen molar-refractivity contribution in [1.29, 1.82) is 0 Å². The molecule has 0 aliphatic carbocycles. The van der Waals surface area contributed by atoms with E-state index in [1.54, 1.807) is 11.3 Å². The lowest BCUT2D eigenvalue weighted by Gasteiger charge is -2.36. The molecule has 0 bridgehead atoms. The third-order valence-electron chi connectivity index (χ3n) is 4.16. The minimum absolute atomic E-state index is 0. The van der Waals surface area contributed by atoms with Crippen molar-refractivity contribution in [2.24, 2.45) is 0 Å². The van der Waals surface area contributed by atoms with Crippen molar-refractivity contribution in [2.45, 2.75) is 32.9 Å². The summed E-state index contributed by atoms with van der Waals surface area (Å²) in [6.45, 7) is 8.39. The molecular formula is C17H24ClN3S. The molecule has 0 spiro atoms. The van der Waals surface area contributed by atoms with Gasteiger partial charge in [-0.05, 0) is 24.5 Å². The Morgan fingerprint density at radius 3 is 2.73 bits per heavy atom. The van der Waals surface area contributed by atoms with Crippen molar-refractivity contribution in [2.75, 3.05) is 19.6 Å². The summed E-state index contributed by atoms with van der Waals surface area (Å²) in [7, 11) is 0. The number of nitrogens with zero attached hydrogens (tertiary/aromatic N) is 2. The van der Waals surface area contributed by atoms with E-state index in [9.17, 15) is 0 Å². The zero-order valence-corrected chi connectivity index (χ0v) is 14.8. The molecular weight excluding hydrogens is 314 g/mol. The number of benzene rings is 1. The molecule has 1 aliphatic rings. The molecule has 1 aromatic carbocycles. The molecule has 1 saturated heterocycles. The highest BCUT2D eigenvalue weighted by atomic mass is 35.5. The second kappa shape index (κ2) is 8.06. The number of aryl methyl sites for hydroxylation is 2. The molecule has 5 heteroatoms. The number of thiazole rings is 1. The maximum Gasteiger partial charge on any atom is 0.0897 e. The summed E-state index contributed by atoms with van der Waals surface area (Å²) in [5.41, 5.74) is 4.02. The molecule has 1 fully saturated rings. The lowest BCUT2D eigenvalue weighted by atomic mass is 10.0. The summed E-state index contributed by atoms with van der Waals surface area (Å²) in [5, 5.41) is 6.87. The monoisotopic (exact) mass is 337 g/mol. The first kappa shape index (κ1) is 17.4. The molecule has 1 unspecified atom stereocenters. The summed E-state index contributed by atoms with van der Waals surface area (Å²) in [6, 6.07) is 9.54. The number of rotatable bonds is 4. The van der Waals surface area contributed by atoms with Gasteiger partial charge in [-0.1, -0.05) is 31.2 Å². The predicted octanol–water partition coefficient (Wildman–Crippen LogP) is 3.58. The number of hydrogen-bond acceptors (Lipinski definition) is 4. The van der Waals surface area contributed by atoms with Gasteiger partial charge in [0.25, 0.3) is 0 Å². The quantitative estimate of drug-likeness (QED) is 0.924. The van der Waals surface area contributed by atoms with Crippen LogP contribution in [0.2, 0.25) is 0 Å². The van der Waals surface area contributed by atoms with Crippen LogP contribution in [0.15, 0.2) is 29.6 Å². The Bertz CT molecular complexity index is 582. The maximum atomic E-state index is 4.62. The van der Waals surface area contributed by atoms with Crippen molar-refractivity contribution >= 4 is 23.7 Å². The van der Waals surface area contributed by atoms with Crippen LogP contribution < -0.4 is 5.32 Å². The van der Waals surface area contributed by atoms with E-state index < -0.39 is 0 Å². The number of aromatic nitrogens is 1. The molecule has 120 valence electrons. The lowest BCUT2D eigenvalue weighted by Crippen LogP contribution is -2.45. The fourth-order valence-corrected chi connectivity index (χ4v) is 3.53. The second-order valence-electron chi connectivity index (χ2n) is 5.64. The van der Waals surface area contributed by atoms with Gasteiger partial charge >= 0.3 is 0 Å². The van der Waals surface area contributed by atoms with Gasteiger partial charge in [0.05, 0.1) is 10.7 Å². The van der Waals surface area contributed by atoms with Gasteiger partial charge in [-0.15, -0.1) is 23.7 Å². The molecule has 1 aliphatic heterocycles. The highest BCUT2D eigenvalue weighted by Crippen LogP contribution is 2.25. The molecule has 2 aromatic rings. The summed E-state index contributed by atoms with van der Waals surface area (Å²) in [5.74, 6) is 0. The number of nitrogens with one attached hydrogen (secondary N) is 1. The molecule has 1 atom stereocenters. The van der Waals surface area contributed by atoms with Crippen LogP contribution in [0.4, 0.5) is 0 Å². The van der Waals surface area contributed by atoms with E-state index in [0.29, 0.717) is 6.04 Å². The van der Waals surface area contributed by atoms with Crippen LogP contribution in [0.25, 0.3) is 0 Å². The Hall–Kier alpha value is -0.940. The normalized spacial score (nSPS) is 18.9. The average molecular weight is 338 g/mol. The molecule has 3 nitrogen and oxygen atoms in total. The largest absolute Gasteiger partial charge is 0.314 e. The fraction of sp³-hybridized carbons (Fsp3) is 0.471. The summed E-state index contributed by atoms with van der Waals surface area (Å²) >= 11 is 1.74. The minimum Gasteiger partial charge on any atom is -0.314 e. The van der Waals surface area contributed by atoms with Gasteiger partial charge in [0.1, 0.15) is 0 Å². The van der Waals surface area contributed by atoms with E-state index in [1.807, 2.05) is 0 Å². The predicted molar refractivity (Wildman–Crippen MR) is 95.9 cm³/mol. The SMILES string of the molecule is CCc1ccc(C2CNCCN2Cc2csc(C)n2)cc1.Cl. The smallest absolute Gasteiger partial charge is 0.0897 e. The van der Waals surface area contributed by atoms with E-state index in [0.717, 1.165) is 37.6 Å². The molecule has 0 radical (unpaired) electrons. The first-order valence-corrected chi connectivity index (χ1v) is 8.59. The van der Waals surface area contributed by atoms with Crippen molar-refractivity contribution in [3.05, 3.63) is 51.5 Å². The molecule has 1 N–H and O–H groups in total. The van der Waals surface area contributed by atoms with Crippen LogP contribution in [-0.4, -0.2) is 29.5 Å². The fourth-order valence-electron chi connectivity index (χ4n) is 2.93. The van der Waals surface area contributed by atoms with Crippen molar-refractivity contribution in [3.8, 4) is 0 Å². The van der Waals surface area contributed by atoms with E-state index in [2.05, 4.69) is 58.7 Å². The van der Waals surface area contributed by atoms with Gasteiger partial charge in [-0.25, -0.2) is 4.98 Å². The zero-order valence-electron chi connectivity index (χ0n) is 13.2. The third kappa shape index (κ3) is 4.07. The van der Waals surface area contributed by atoms with E-state index in [-0.39, 0.29) is 12.4 Å². The molecule has 3 rings (SSSR count). The average Bonchev–Trinajstić information content (AvgIpc) is 2.93. The molecule has 0 amide bonds. The summed E-state index contributed by atoms with van der Waals surface area (Å²) in [6.07, 6.45) is 1.10. The molecule has 0 saturated carbocycles. The highest BCUT2D eigenvalue weighted by Gasteiger charge is 2.24. The molecule has 2 heterocycles. The topological polar surface area (TPSA) is 28.2 Å².